The van der Waals surface area contributed by atoms with Gasteiger partial charge in [-0.2, -0.15) is 0 Å². The Morgan fingerprint density at radius 1 is 1.00 bits per heavy atom. The summed E-state index contributed by atoms with van der Waals surface area (Å²) >= 11 is 0. The largest absolute Gasteiger partial charge is 0.454 e. The number of hydrogen-bond donors (Lipinski definition) is 2. The van der Waals surface area contributed by atoms with Crippen LogP contribution in [0.4, 0.5) is 16.2 Å². The van der Waals surface area contributed by atoms with Crippen molar-refractivity contribution in [2.45, 2.75) is 19.3 Å². The SMILES string of the molecule is O=C(NCCc1ccc2c(c1)OCO2)Nc1ccc(N2CCCC2)cc1. The second kappa shape index (κ2) is 7.56. The minimum Gasteiger partial charge on any atom is -0.454 e. The third-order valence-electron chi connectivity index (χ3n) is 4.73. The second-order valence-electron chi connectivity index (χ2n) is 6.56. The minimum atomic E-state index is -0.195. The maximum atomic E-state index is 12.1. The number of anilines is 2. The van der Waals surface area contributed by atoms with Gasteiger partial charge in [0, 0.05) is 31.0 Å². The third-order valence-corrected chi connectivity index (χ3v) is 4.73. The van der Waals surface area contributed by atoms with E-state index >= 15 is 0 Å². The summed E-state index contributed by atoms with van der Waals surface area (Å²) in [5, 5.41) is 5.76. The number of carbonyl (C=O) groups is 1. The van der Waals surface area contributed by atoms with Crippen LogP contribution in [0.2, 0.25) is 0 Å². The molecule has 6 nitrogen and oxygen atoms in total. The Kier molecular flexibility index (Phi) is 4.82. The fourth-order valence-corrected chi connectivity index (χ4v) is 3.32. The van der Waals surface area contributed by atoms with Crippen molar-refractivity contribution < 1.29 is 14.3 Å². The van der Waals surface area contributed by atoms with Crippen molar-refractivity contribution in [3.63, 3.8) is 0 Å². The van der Waals surface area contributed by atoms with Crippen molar-refractivity contribution in [1.29, 1.82) is 0 Å². The molecule has 0 aliphatic carbocycles. The molecule has 2 N–H and O–H groups in total. The number of hydrogen-bond acceptors (Lipinski definition) is 4. The predicted octanol–water partition coefficient (Wildman–Crippen LogP) is 3.38. The first-order valence-electron chi connectivity index (χ1n) is 9.06. The van der Waals surface area contributed by atoms with Gasteiger partial charge in [0.25, 0.3) is 0 Å². The summed E-state index contributed by atoms with van der Waals surface area (Å²) in [4.78, 5) is 14.4. The summed E-state index contributed by atoms with van der Waals surface area (Å²) in [6.45, 7) is 3.06. The summed E-state index contributed by atoms with van der Waals surface area (Å²) < 4.78 is 10.7. The van der Waals surface area contributed by atoms with Crippen molar-refractivity contribution in [1.82, 2.24) is 5.32 Å². The second-order valence-corrected chi connectivity index (χ2v) is 6.56. The zero-order valence-electron chi connectivity index (χ0n) is 14.7. The molecule has 0 radical (unpaired) electrons. The Labute approximate surface area is 153 Å². The van der Waals surface area contributed by atoms with Gasteiger partial charge in [0.15, 0.2) is 11.5 Å². The van der Waals surface area contributed by atoms with Crippen molar-refractivity contribution in [2.24, 2.45) is 0 Å². The molecule has 4 rings (SSSR count). The lowest BCUT2D eigenvalue weighted by atomic mass is 10.1. The number of nitrogens with zero attached hydrogens (tertiary/aromatic N) is 1. The lowest BCUT2D eigenvalue weighted by Gasteiger charge is -2.17. The number of benzene rings is 2. The fraction of sp³-hybridized carbons (Fsp3) is 0.350. The molecule has 0 saturated carbocycles. The maximum Gasteiger partial charge on any atom is 0.319 e. The van der Waals surface area contributed by atoms with Gasteiger partial charge in [-0.25, -0.2) is 4.79 Å². The zero-order valence-corrected chi connectivity index (χ0v) is 14.7. The molecule has 2 aromatic rings. The van der Waals surface area contributed by atoms with Crippen molar-refractivity contribution in [3.05, 3.63) is 48.0 Å². The highest BCUT2D eigenvalue weighted by Crippen LogP contribution is 2.32. The van der Waals surface area contributed by atoms with Crippen LogP contribution in [0.15, 0.2) is 42.5 Å². The molecular formula is C20H23N3O3. The first kappa shape index (κ1) is 16.6. The molecule has 0 unspecified atom stereocenters. The fourth-order valence-electron chi connectivity index (χ4n) is 3.32. The first-order chi connectivity index (χ1) is 12.8. The molecule has 2 aliphatic rings. The topological polar surface area (TPSA) is 62.8 Å². The van der Waals surface area contributed by atoms with Crippen LogP contribution in [0.1, 0.15) is 18.4 Å². The normalized spacial score (nSPS) is 15.2. The average molecular weight is 353 g/mol. The standard InChI is InChI=1S/C20H23N3O3/c24-20(21-10-9-15-3-8-18-19(13-15)26-14-25-18)22-16-4-6-17(7-5-16)23-11-1-2-12-23/h3-8,13H,1-2,9-12,14H2,(H2,21,22,24). The van der Waals surface area contributed by atoms with Crippen LogP contribution in [0.5, 0.6) is 11.5 Å². The van der Waals surface area contributed by atoms with E-state index in [4.69, 9.17) is 9.47 Å². The van der Waals surface area contributed by atoms with E-state index in [2.05, 4.69) is 27.7 Å². The smallest absolute Gasteiger partial charge is 0.319 e. The number of ether oxygens (including phenoxy) is 2. The summed E-state index contributed by atoms with van der Waals surface area (Å²) in [5.74, 6) is 1.54. The molecule has 0 atom stereocenters. The van der Waals surface area contributed by atoms with Crippen LogP contribution >= 0.6 is 0 Å². The summed E-state index contributed by atoms with van der Waals surface area (Å²) in [6, 6.07) is 13.7. The van der Waals surface area contributed by atoms with Crippen molar-refractivity contribution in [2.75, 3.05) is 36.6 Å². The van der Waals surface area contributed by atoms with Gasteiger partial charge >= 0.3 is 6.03 Å². The van der Waals surface area contributed by atoms with E-state index in [-0.39, 0.29) is 12.8 Å². The van der Waals surface area contributed by atoms with E-state index in [0.29, 0.717) is 6.54 Å². The zero-order chi connectivity index (χ0) is 17.8. The highest BCUT2D eigenvalue weighted by Gasteiger charge is 2.13. The van der Waals surface area contributed by atoms with Crippen molar-refractivity contribution in [3.8, 4) is 11.5 Å². The molecule has 2 amide bonds. The van der Waals surface area contributed by atoms with Gasteiger partial charge in [-0.1, -0.05) is 6.07 Å². The predicted molar refractivity (Wildman–Crippen MR) is 101 cm³/mol. The van der Waals surface area contributed by atoms with Crippen molar-refractivity contribution >= 4 is 17.4 Å². The quantitative estimate of drug-likeness (QED) is 0.865. The third kappa shape index (κ3) is 3.85. The molecule has 26 heavy (non-hydrogen) atoms. The minimum absolute atomic E-state index is 0.195. The van der Waals surface area contributed by atoms with Gasteiger partial charge < -0.3 is 25.0 Å². The van der Waals surface area contributed by atoms with E-state index in [1.54, 1.807) is 0 Å². The summed E-state index contributed by atoms with van der Waals surface area (Å²) in [6.07, 6.45) is 3.25. The molecule has 2 heterocycles. The van der Waals surface area contributed by atoms with E-state index in [0.717, 1.165) is 42.3 Å². The summed E-state index contributed by atoms with van der Waals surface area (Å²) in [7, 11) is 0. The van der Waals surface area contributed by atoms with Gasteiger partial charge in [-0.15, -0.1) is 0 Å². The molecule has 1 saturated heterocycles. The van der Waals surface area contributed by atoms with Crippen LogP contribution in [0.3, 0.4) is 0 Å². The number of urea groups is 1. The molecular weight excluding hydrogens is 330 g/mol. The number of rotatable bonds is 5. The highest BCUT2D eigenvalue weighted by atomic mass is 16.7. The molecule has 6 heteroatoms. The van der Waals surface area contributed by atoms with Crippen LogP contribution in [0, 0.1) is 0 Å². The Morgan fingerprint density at radius 3 is 2.58 bits per heavy atom. The molecule has 0 spiro atoms. The number of amides is 2. The Morgan fingerprint density at radius 2 is 1.77 bits per heavy atom. The van der Waals surface area contributed by atoms with Gasteiger partial charge in [-0.3, -0.25) is 0 Å². The number of carbonyl (C=O) groups excluding carboxylic acids is 1. The van der Waals surface area contributed by atoms with Gasteiger partial charge in [-0.05, 0) is 61.2 Å². The van der Waals surface area contributed by atoms with E-state index in [9.17, 15) is 4.79 Å². The van der Waals surface area contributed by atoms with E-state index in [1.807, 2.05) is 30.3 Å². The molecule has 0 aromatic heterocycles. The van der Waals surface area contributed by atoms with Gasteiger partial charge in [0.1, 0.15) is 0 Å². The van der Waals surface area contributed by atoms with E-state index < -0.39 is 0 Å². The molecule has 136 valence electrons. The van der Waals surface area contributed by atoms with Crippen LogP contribution in [-0.4, -0.2) is 32.5 Å². The molecule has 1 fully saturated rings. The number of nitrogens with one attached hydrogen (secondary N) is 2. The molecule has 2 aromatic carbocycles. The Balaban J connectivity index is 1.23. The van der Waals surface area contributed by atoms with Crippen LogP contribution in [0.25, 0.3) is 0 Å². The Hall–Kier alpha value is -2.89. The van der Waals surface area contributed by atoms with Crippen LogP contribution < -0.4 is 25.0 Å². The lowest BCUT2D eigenvalue weighted by molar-refractivity contribution is 0.174. The monoisotopic (exact) mass is 353 g/mol. The molecule has 0 bridgehead atoms. The molecule has 2 aliphatic heterocycles. The maximum absolute atomic E-state index is 12.1. The lowest BCUT2D eigenvalue weighted by Crippen LogP contribution is -2.30. The van der Waals surface area contributed by atoms with Gasteiger partial charge in [0.2, 0.25) is 6.79 Å². The Bertz CT molecular complexity index is 770. The summed E-state index contributed by atoms with van der Waals surface area (Å²) in [5.41, 5.74) is 3.12. The average Bonchev–Trinajstić information content (AvgIpc) is 3.34. The van der Waals surface area contributed by atoms with Crippen LogP contribution in [-0.2, 0) is 6.42 Å². The number of fused-ring (bicyclic) bond motifs is 1. The highest BCUT2D eigenvalue weighted by molar-refractivity contribution is 5.89. The first-order valence-corrected chi connectivity index (χ1v) is 9.06. The van der Waals surface area contributed by atoms with Gasteiger partial charge in [0.05, 0.1) is 0 Å². The van der Waals surface area contributed by atoms with E-state index in [1.165, 1.54) is 18.5 Å².